The molecule has 0 saturated carbocycles. The second kappa shape index (κ2) is 36.9. The van der Waals surface area contributed by atoms with Gasteiger partial charge in [-0.3, -0.25) is 38.6 Å². The number of nitriles is 3. The van der Waals surface area contributed by atoms with Crippen LogP contribution in [0.25, 0.3) is 54.7 Å². The third-order valence-electron chi connectivity index (χ3n) is 15.2. The van der Waals surface area contributed by atoms with Crippen molar-refractivity contribution in [2.24, 2.45) is 0 Å². The van der Waals surface area contributed by atoms with E-state index in [9.17, 15) is 44.6 Å². The number of nitrogens with one attached hydrogen (secondary N) is 3. The van der Waals surface area contributed by atoms with Crippen molar-refractivity contribution < 1.29 is 43.0 Å². The van der Waals surface area contributed by atoms with Gasteiger partial charge in [0.2, 0.25) is 0 Å². The number of hydrogen-bond acceptors (Lipinski definition) is 20. The number of anilines is 3. The second-order valence-electron chi connectivity index (χ2n) is 21.7. The zero-order chi connectivity index (χ0) is 67.3. The Labute approximate surface area is 566 Å². The number of ether oxygens (including phenoxy) is 3. The smallest absolute Gasteiger partial charge is 0.320 e. The maximum atomic E-state index is 13.5. The molecule has 9 aliphatic rings. The third-order valence-corrected chi connectivity index (χ3v) is 18.2. The molecule has 20 nitrogen and oxygen atoms in total. The number of thiophene rings is 3. The summed E-state index contributed by atoms with van der Waals surface area (Å²) in [6.45, 7) is 8.93. The summed E-state index contributed by atoms with van der Waals surface area (Å²) >= 11 is 4.18. The summed E-state index contributed by atoms with van der Waals surface area (Å²) in [5.74, 6) is -3.66. The molecule has 0 fully saturated rings. The van der Waals surface area contributed by atoms with Gasteiger partial charge in [0.1, 0.15) is 54.7 Å². The number of rotatable bonds is 3. The molecule has 12 heterocycles. The van der Waals surface area contributed by atoms with E-state index in [1.165, 1.54) is 57.1 Å². The number of hydrogen-bond donors (Lipinski definition) is 3. The molecule has 6 aromatic rings. The summed E-state index contributed by atoms with van der Waals surface area (Å²) in [6.07, 6.45) is 16.2. The summed E-state index contributed by atoms with van der Waals surface area (Å²) in [7, 11) is 0. The van der Waals surface area contributed by atoms with E-state index in [4.69, 9.17) is 14.2 Å². The molecule has 23 heteroatoms. The molecule has 14 bridgehead atoms. The monoisotopic (exact) mass is 1330 g/mol. The van der Waals surface area contributed by atoms with Crippen LogP contribution in [0.4, 0.5) is 17.1 Å². The van der Waals surface area contributed by atoms with Crippen molar-refractivity contribution in [3.8, 4) is 18.2 Å². The predicted molar refractivity (Wildman–Crippen MR) is 378 cm³/mol. The van der Waals surface area contributed by atoms with E-state index >= 15 is 0 Å². The lowest BCUT2D eigenvalue weighted by atomic mass is 10.1. The molecular weight excluding hydrogens is 1260 g/mol. The number of carbonyl (C=O) groups is 6. The highest BCUT2D eigenvalue weighted by Crippen LogP contribution is 2.27. The van der Waals surface area contributed by atoms with Crippen molar-refractivity contribution in [3.63, 3.8) is 0 Å². The Balaban J connectivity index is 1.08. The molecule has 0 radical (unpaired) electrons. The highest BCUT2D eigenvalue weighted by atomic mass is 32.1. The highest BCUT2D eigenvalue weighted by Gasteiger charge is 2.22. The first-order valence-corrected chi connectivity index (χ1v) is 33.7. The highest BCUT2D eigenvalue weighted by molar-refractivity contribution is 7.14. The summed E-state index contributed by atoms with van der Waals surface area (Å²) in [5, 5.41) is 38.9. The Bertz CT molecular complexity index is 3550. The fourth-order valence-electron chi connectivity index (χ4n) is 10.1. The molecular formula is C72H75N11O9S3. The first-order chi connectivity index (χ1) is 46.2. The van der Waals surface area contributed by atoms with Crippen LogP contribution in [0.15, 0.2) is 126 Å². The summed E-state index contributed by atoms with van der Waals surface area (Å²) in [4.78, 5) is 95.3. The Morgan fingerprint density at radius 3 is 0.905 bits per heavy atom. The predicted octanol–water partition coefficient (Wildman–Crippen LogP) is 9.59. The molecule has 95 heavy (non-hydrogen) atoms. The quantitative estimate of drug-likeness (QED) is 0.110. The molecule has 0 spiro atoms. The fraction of sp³-hybridized carbons (Fsp3) is 0.292. The Morgan fingerprint density at radius 2 is 0.642 bits per heavy atom. The molecule has 15 rings (SSSR count). The van der Waals surface area contributed by atoms with Gasteiger partial charge in [-0.15, -0.1) is 34.0 Å². The number of likely N-dealkylation sites (N-methyl/N-ethyl adjacent to an activating group) is 3. The maximum absolute atomic E-state index is 13.5. The van der Waals surface area contributed by atoms with Gasteiger partial charge < -0.3 is 44.9 Å². The van der Waals surface area contributed by atoms with Gasteiger partial charge in [-0.1, -0.05) is 54.6 Å². The summed E-state index contributed by atoms with van der Waals surface area (Å²) in [5.41, 5.74) is 5.14. The standard InChI is InChI=1S/C72H75N11O9S3/c1-4-81-37-40-90-67(84)49-80-50-68(85)91-41-38-82(5-2)59-18-9-53(10-19-59)14-23-62-26-29-65(94-62)44-56(47-74)71(88)77-32-35-79(34-31-76-70(87)55(46-73)43-64-28-25-61(93-64)22-13-52-7-16-58(81)17-8-52)36-33-78-72(89)57(48-75)45-66-30-27-63(95-66)24-15-54-11-20-60(21-12-54)83(6-3)39-42-92-69(86)51-80/h7-30,43-45H,4-6,31-42,49-51H2,1-3H3,(H,76,87)(H,77,88)(H,78,89). The molecule has 3 aromatic carbocycles. The lowest BCUT2D eigenvalue weighted by Crippen LogP contribution is -2.43. The van der Waals surface area contributed by atoms with E-state index in [-0.39, 0.29) is 95.4 Å². The Hall–Kier alpha value is -10.2. The lowest BCUT2D eigenvalue weighted by Gasteiger charge is -2.25. The minimum atomic E-state index is -0.634. The van der Waals surface area contributed by atoms with Gasteiger partial charge in [-0.05, 0) is 147 Å². The molecule has 3 amide bonds. The minimum Gasteiger partial charge on any atom is -0.463 e. The number of benzene rings is 3. The van der Waals surface area contributed by atoms with Crippen LogP contribution < -0.4 is 30.7 Å². The first-order valence-electron chi connectivity index (χ1n) is 31.2. The topological polar surface area (TPSA) is 254 Å². The van der Waals surface area contributed by atoms with Crippen molar-refractivity contribution in [2.45, 2.75) is 20.8 Å². The number of amides is 3. The van der Waals surface area contributed by atoms with E-state index in [0.29, 0.717) is 53.9 Å². The molecule has 3 aromatic heterocycles. The van der Waals surface area contributed by atoms with Crippen LogP contribution in [0.3, 0.4) is 0 Å². The molecule has 0 unspecified atom stereocenters. The number of esters is 3. The van der Waals surface area contributed by atoms with Crippen molar-refractivity contribution >= 4 is 141 Å². The summed E-state index contributed by atoms with van der Waals surface area (Å²) < 4.78 is 17.2. The molecule has 3 N–H and O–H groups in total. The maximum Gasteiger partial charge on any atom is 0.320 e. The van der Waals surface area contributed by atoms with E-state index in [1.54, 1.807) is 0 Å². The molecule has 9 aliphatic heterocycles. The van der Waals surface area contributed by atoms with Gasteiger partial charge in [-0.25, -0.2) is 0 Å². The van der Waals surface area contributed by atoms with Gasteiger partial charge in [-0.2, -0.15) is 15.8 Å². The largest absolute Gasteiger partial charge is 0.463 e. The first kappa shape index (κ1) is 70.7. The van der Waals surface area contributed by atoms with Crippen molar-refractivity contribution in [1.29, 1.82) is 15.8 Å². The normalized spacial score (nSPS) is 17.9. The zero-order valence-corrected chi connectivity index (χ0v) is 55.7. The number of carbonyl (C=O) groups excluding carboxylic acids is 6. The lowest BCUT2D eigenvalue weighted by molar-refractivity contribution is -0.151. The zero-order valence-electron chi connectivity index (χ0n) is 53.3. The van der Waals surface area contributed by atoms with Gasteiger partial charge in [0.25, 0.3) is 17.7 Å². The average Bonchev–Trinajstić information content (AvgIpc) is 2.06. The number of nitrogens with zero attached hydrogens (tertiary/aromatic N) is 8. The van der Waals surface area contributed by atoms with Gasteiger partial charge >= 0.3 is 17.9 Å². The minimum absolute atomic E-state index is 0.0363. The fourth-order valence-corrected chi connectivity index (χ4v) is 12.6. The van der Waals surface area contributed by atoms with Gasteiger partial charge in [0.05, 0.1) is 39.3 Å². The van der Waals surface area contributed by atoms with Crippen LogP contribution in [0.2, 0.25) is 0 Å². The van der Waals surface area contributed by atoms with Crippen LogP contribution in [0.5, 0.6) is 0 Å². The van der Waals surface area contributed by atoms with E-state index in [2.05, 4.69) is 30.7 Å². The molecule has 0 aliphatic carbocycles. The van der Waals surface area contributed by atoms with Crippen molar-refractivity contribution in [2.75, 3.05) is 133 Å². The van der Waals surface area contributed by atoms with Crippen LogP contribution in [-0.4, -0.2) is 163 Å². The van der Waals surface area contributed by atoms with Gasteiger partial charge in [0, 0.05) is 105 Å². The van der Waals surface area contributed by atoms with Gasteiger partial charge in [0.15, 0.2) is 0 Å². The van der Waals surface area contributed by atoms with E-state index in [1.807, 2.05) is 190 Å². The second-order valence-corrected chi connectivity index (χ2v) is 25.1. The molecule has 490 valence electrons. The summed E-state index contributed by atoms with van der Waals surface area (Å²) in [6, 6.07) is 40.8. The van der Waals surface area contributed by atoms with Crippen molar-refractivity contribution in [1.82, 2.24) is 25.8 Å². The molecule has 0 saturated heterocycles. The van der Waals surface area contributed by atoms with Crippen LogP contribution >= 0.6 is 34.0 Å². The molecule has 0 atom stereocenters. The Kier molecular flexibility index (Phi) is 27.4. The third kappa shape index (κ3) is 22.5. The Morgan fingerprint density at radius 1 is 0.368 bits per heavy atom. The van der Waals surface area contributed by atoms with Crippen LogP contribution in [-0.2, 0) is 43.0 Å². The SMILES string of the molecule is CCN1CCOC(=O)CN2CC(=O)OCCN(CC)c3ccc(cc3)C=Cc3ccc(s3)C=C(C#N)C(=O)NCCN(CCNC(=O)C(C#N)=Cc3ccc(s3)C=Cc3ccc1cc3)CCNC(=O)C(C#N)=Cc1ccc(s1)C=Cc1ccc(cc1)N(CC)CCOC(=O)C2. The van der Waals surface area contributed by atoms with Crippen LogP contribution in [0, 0.1) is 34.0 Å². The average molecular weight is 1330 g/mol. The van der Waals surface area contributed by atoms with Crippen molar-refractivity contribution in [3.05, 3.63) is 172 Å². The van der Waals surface area contributed by atoms with E-state index in [0.717, 1.165) is 48.4 Å². The van der Waals surface area contributed by atoms with E-state index < -0.39 is 35.6 Å². The van der Waals surface area contributed by atoms with Crippen LogP contribution in [0.1, 0.15) is 66.7 Å².